The molecule has 1 atom stereocenters. The fourth-order valence-corrected chi connectivity index (χ4v) is 3.21. The first-order valence-electron chi connectivity index (χ1n) is 8.33. The molecule has 2 aliphatic heterocycles. The van der Waals surface area contributed by atoms with Gasteiger partial charge in [-0.25, -0.2) is 0 Å². The van der Waals surface area contributed by atoms with Gasteiger partial charge in [-0.2, -0.15) is 0 Å². The maximum atomic E-state index is 5.87. The van der Waals surface area contributed by atoms with E-state index in [0.717, 1.165) is 50.3 Å². The van der Waals surface area contributed by atoms with Gasteiger partial charge in [0.1, 0.15) is 13.2 Å². The van der Waals surface area contributed by atoms with Crippen molar-refractivity contribution >= 4 is 0 Å². The zero-order chi connectivity index (χ0) is 14.8. The van der Waals surface area contributed by atoms with E-state index in [1.54, 1.807) is 0 Å². The second kappa shape index (κ2) is 6.44. The normalized spacial score (nSPS) is 25.2. The first kappa shape index (κ1) is 14.3. The SMILES string of the molecule is c1cc2c(cc1CNC[C@@H]1CN(C3CC3)CCO1)OCCO2. The van der Waals surface area contributed by atoms with Crippen molar-refractivity contribution in [2.75, 3.05) is 39.5 Å². The Kier molecular flexibility index (Phi) is 4.19. The fourth-order valence-electron chi connectivity index (χ4n) is 3.21. The van der Waals surface area contributed by atoms with Crippen LogP contribution in [-0.2, 0) is 11.3 Å². The third kappa shape index (κ3) is 3.37. The van der Waals surface area contributed by atoms with Gasteiger partial charge < -0.3 is 19.5 Å². The van der Waals surface area contributed by atoms with E-state index in [1.165, 1.54) is 18.4 Å². The highest BCUT2D eigenvalue weighted by Gasteiger charge is 2.32. The number of morpholine rings is 1. The molecule has 1 aliphatic carbocycles. The van der Waals surface area contributed by atoms with Gasteiger partial charge in [0.2, 0.25) is 0 Å². The topological polar surface area (TPSA) is 43.0 Å². The zero-order valence-corrected chi connectivity index (χ0v) is 12.9. The maximum Gasteiger partial charge on any atom is 0.161 e. The quantitative estimate of drug-likeness (QED) is 0.891. The predicted molar refractivity (Wildman–Crippen MR) is 83.5 cm³/mol. The molecule has 1 saturated heterocycles. The van der Waals surface area contributed by atoms with Crippen molar-refractivity contribution in [1.82, 2.24) is 10.2 Å². The number of nitrogens with one attached hydrogen (secondary N) is 1. The summed E-state index contributed by atoms with van der Waals surface area (Å²) in [6.45, 7) is 6.05. The van der Waals surface area contributed by atoms with Crippen LogP contribution in [0.1, 0.15) is 18.4 Å². The van der Waals surface area contributed by atoms with Crippen LogP contribution in [0.15, 0.2) is 18.2 Å². The van der Waals surface area contributed by atoms with Crippen molar-refractivity contribution in [1.29, 1.82) is 0 Å². The van der Waals surface area contributed by atoms with Crippen molar-refractivity contribution < 1.29 is 14.2 Å². The fraction of sp³-hybridized carbons (Fsp3) is 0.647. The van der Waals surface area contributed by atoms with Crippen LogP contribution in [0.5, 0.6) is 11.5 Å². The van der Waals surface area contributed by atoms with E-state index in [2.05, 4.69) is 22.3 Å². The van der Waals surface area contributed by atoms with Gasteiger partial charge in [0.25, 0.3) is 0 Å². The summed E-state index contributed by atoms with van der Waals surface area (Å²) in [7, 11) is 0. The van der Waals surface area contributed by atoms with Crippen molar-refractivity contribution in [3.63, 3.8) is 0 Å². The highest BCUT2D eigenvalue weighted by Crippen LogP contribution is 2.31. The summed E-state index contributed by atoms with van der Waals surface area (Å²) in [6.07, 6.45) is 3.06. The van der Waals surface area contributed by atoms with Gasteiger partial charge in [0.05, 0.1) is 12.7 Å². The molecule has 1 saturated carbocycles. The molecule has 22 heavy (non-hydrogen) atoms. The van der Waals surface area contributed by atoms with Gasteiger partial charge in [-0.05, 0) is 30.5 Å². The van der Waals surface area contributed by atoms with Gasteiger partial charge in [-0.15, -0.1) is 0 Å². The third-order valence-corrected chi connectivity index (χ3v) is 4.54. The zero-order valence-electron chi connectivity index (χ0n) is 12.9. The van der Waals surface area contributed by atoms with Gasteiger partial charge in [-0.1, -0.05) is 6.07 Å². The molecule has 0 aromatic heterocycles. The molecule has 0 spiro atoms. The summed E-state index contributed by atoms with van der Waals surface area (Å²) < 4.78 is 17.0. The number of ether oxygens (including phenoxy) is 3. The summed E-state index contributed by atoms with van der Waals surface area (Å²) >= 11 is 0. The Labute approximate surface area is 131 Å². The number of rotatable bonds is 5. The molecule has 1 N–H and O–H groups in total. The number of hydrogen-bond donors (Lipinski definition) is 1. The summed E-state index contributed by atoms with van der Waals surface area (Å²) in [5, 5.41) is 3.51. The molecule has 1 aromatic carbocycles. The summed E-state index contributed by atoms with van der Waals surface area (Å²) in [6, 6.07) is 7.00. The molecular formula is C17H24N2O3. The van der Waals surface area contributed by atoms with Gasteiger partial charge in [0.15, 0.2) is 11.5 Å². The second-order valence-electron chi connectivity index (χ2n) is 6.33. The Morgan fingerprint density at radius 1 is 1.09 bits per heavy atom. The highest BCUT2D eigenvalue weighted by atomic mass is 16.6. The van der Waals surface area contributed by atoms with Crippen LogP contribution in [0.25, 0.3) is 0 Å². The number of nitrogens with zero attached hydrogens (tertiary/aromatic N) is 1. The molecule has 3 aliphatic rings. The Balaban J connectivity index is 1.26. The van der Waals surface area contributed by atoms with Gasteiger partial charge in [-0.3, -0.25) is 4.90 Å². The molecule has 5 heteroatoms. The van der Waals surface area contributed by atoms with Gasteiger partial charge in [0, 0.05) is 32.2 Å². The molecule has 0 radical (unpaired) electrons. The molecule has 0 bridgehead atoms. The van der Waals surface area contributed by atoms with E-state index in [4.69, 9.17) is 14.2 Å². The summed E-state index contributed by atoms with van der Waals surface area (Å²) in [4.78, 5) is 2.58. The molecular weight excluding hydrogens is 280 g/mol. The number of benzene rings is 1. The predicted octanol–water partition coefficient (Wildman–Crippen LogP) is 1.41. The molecule has 2 fully saturated rings. The second-order valence-corrected chi connectivity index (χ2v) is 6.33. The largest absolute Gasteiger partial charge is 0.486 e. The third-order valence-electron chi connectivity index (χ3n) is 4.54. The van der Waals surface area contributed by atoms with E-state index < -0.39 is 0 Å². The molecule has 0 unspecified atom stereocenters. The summed E-state index contributed by atoms with van der Waals surface area (Å²) in [5.74, 6) is 1.71. The molecule has 0 amide bonds. The first-order valence-corrected chi connectivity index (χ1v) is 8.33. The van der Waals surface area contributed by atoms with Crippen molar-refractivity contribution in [3.8, 4) is 11.5 Å². The Hall–Kier alpha value is -1.30. The average Bonchev–Trinajstić information content (AvgIpc) is 3.40. The lowest BCUT2D eigenvalue weighted by Crippen LogP contribution is -2.47. The lowest BCUT2D eigenvalue weighted by Gasteiger charge is -2.33. The minimum absolute atomic E-state index is 0.312. The summed E-state index contributed by atoms with van der Waals surface area (Å²) in [5.41, 5.74) is 1.22. The minimum atomic E-state index is 0.312. The van der Waals surface area contributed by atoms with Crippen LogP contribution in [-0.4, -0.2) is 56.5 Å². The lowest BCUT2D eigenvalue weighted by molar-refractivity contribution is -0.0301. The number of fused-ring (bicyclic) bond motifs is 1. The molecule has 1 aromatic rings. The van der Waals surface area contributed by atoms with Gasteiger partial charge >= 0.3 is 0 Å². The van der Waals surface area contributed by atoms with Crippen LogP contribution >= 0.6 is 0 Å². The Morgan fingerprint density at radius 3 is 2.82 bits per heavy atom. The van der Waals surface area contributed by atoms with E-state index >= 15 is 0 Å². The first-order chi connectivity index (χ1) is 10.9. The van der Waals surface area contributed by atoms with E-state index in [0.29, 0.717) is 19.3 Å². The van der Waals surface area contributed by atoms with Crippen molar-refractivity contribution in [2.24, 2.45) is 0 Å². The van der Waals surface area contributed by atoms with Crippen LogP contribution in [0.2, 0.25) is 0 Å². The minimum Gasteiger partial charge on any atom is -0.486 e. The molecule has 4 rings (SSSR count). The molecule has 2 heterocycles. The Morgan fingerprint density at radius 2 is 1.95 bits per heavy atom. The molecule has 5 nitrogen and oxygen atoms in total. The van der Waals surface area contributed by atoms with Crippen LogP contribution in [0.3, 0.4) is 0 Å². The van der Waals surface area contributed by atoms with Crippen LogP contribution < -0.4 is 14.8 Å². The van der Waals surface area contributed by atoms with E-state index in [9.17, 15) is 0 Å². The highest BCUT2D eigenvalue weighted by molar-refractivity contribution is 5.43. The van der Waals surface area contributed by atoms with Crippen LogP contribution in [0, 0.1) is 0 Å². The Bertz CT molecular complexity index is 519. The smallest absolute Gasteiger partial charge is 0.161 e. The molecule has 120 valence electrons. The average molecular weight is 304 g/mol. The standard InChI is InChI=1S/C17H24N2O3/c1-4-16-17(22-8-7-21-16)9-13(1)10-18-11-15-12-19(5-6-20-15)14-2-3-14/h1,4,9,14-15,18H,2-3,5-8,10-12H2/t15-/m1/s1. The van der Waals surface area contributed by atoms with E-state index in [-0.39, 0.29) is 0 Å². The van der Waals surface area contributed by atoms with E-state index in [1.807, 2.05) is 6.07 Å². The maximum absolute atomic E-state index is 5.87. The number of hydrogen-bond acceptors (Lipinski definition) is 5. The lowest BCUT2D eigenvalue weighted by atomic mass is 10.2. The monoisotopic (exact) mass is 304 g/mol. The van der Waals surface area contributed by atoms with Crippen molar-refractivity contribution in [2.45, 2.75) is 31.5 Å². The van der Waals surface area contributed by atoms with Crippen molar-refractivity contribution in [3.05, 3.63) is 23.8 Å². The van der Waals surface area contributed by atoms with Crippen LogP contribution in [0.4, 0.5) is 0 Å².